The lowest BCUT2D eigenvalue weighted by Gasteiger charge is -2.26. The molecule has 0 spiro atoms. The second kappa shape index (κ2) is 5.56. The highest BCUT2D eigenvalue weighted by atomic mass is 19.1. The maximum absolute atomic E-state index is 13.5. The molecule has 1 saturated heterocycles. The first kappa shape index (κ1) is 12.5. The molecule has 1 aromatic carbocycles. The molecule has 0 bridgehead atoms. The summed E-state index contributed by atoms with van der Waals surface area (Å²) < 4.78 is 26.6. The van der Waals surface area contributed by atoms with Crippen LogP contribution in [0.1, 0.15) is 18.9 Å². The maximum Gasteiger partial charge on any atom is 0.127 e. The average molecular weight is 240 g/mol. The van der Waals surface area contributed by atoms with Crippen molar-refractivity contribution in [3.05, 3.63) is 35.4 Å². The first-order chi connectivity index (χ1) is 8.16. The van der Waals surface area contributed by atoms with E-state index in [4.69, 9.17) is 0 Å². The highest BCUT2D eigenvalue weighted by molar-refractivity contribution is 5.18. The molecule has 1 atom stereocenters. The molecule has 94 valence electrons. The van der Waals surface area contributed by atoms with Crippen LogP contribution in [-0.2, 0) is 6.54 Å². The van der Waals surface area contributed by atoms with Gasteiger partial charge >= 0.3 is 0 Å². The fraction of sp³-hybridized carbons (Fsp3) is 0.538. The SMILES string of the molecule is CC1CCNCCN1Cc1cc(F)ccc1F. The molecule has 17 heavy (non-hydrogen) atoms. The van der Waals surface area contributed by atoms with Crippen molar-refractivity contribution in [2.75, 3.05) is 19.6 Å². The third-order valence-corrected chi connectivity index (χ3v) is 3.32. The van der Waals surface area contributed by atoms with Crippen molar-refractivity contribution < 1.29 is 8.78 Å². The molecule has 1 heterocycles. The van der Waals surface area contributed by atoms with E-state index in [0.29, 0.717) is 18.2 Å². The van der Waals surface area contributed by atoms with Gasteiger partial charge in [0.25, 0.3) is 0 Å². The van der Waals surface area contributed by atoms with Crippen molar-refractivity contribution in [1.29, 1.82) is 0 Å². The van der Waals surface area contributed by atoms with Gasteiger partial charge in [-0.25, -0.2) is 8.78 Å². The molecule has 1 aliphatic heterocycles. The molecule has 1 fully saturated rings. The van der Waals surface area contributed by atoms with Gasteiger partial charge in [0.2, 0.25) is 0 Å². The summed E-state index contributed by atoms with van der Waals surface area (Å²) in [7, 11) is 0. The molecule has 0 amide bonds. The molecule has 1 aromatic rings. The number of hydrogen-bond donors (Lipinski definition) is 1. The summed E-state index contributed by atoms with van der Waals surface area (Å²) in [6, 6.07) is 4.05. The van der Waals surface area contributed by atoms with Crippen LogP contribution in [0.3, 0.4) is 0 Å². The number of nitrogens with one attached hydrogen (secondary N) is 1. The highest BCUT2D eigenvalue weighted by Crippen LogP contribution is 2.15. The van der Waals surface area contributed by atoms with Crippen molar-refractivity contribution >= 4 is 0 Å². The van der Waals surface area contributed by atoms with Gasteiger partial charge in [0.1, 0.15) is 11.6 Å². The molecule has 0 aromatic heterocycles. The van der Waals surface area contributed by atoms with Gasteiger partial charge in [0, 0.05) is 31.2 Å². The van der Waals surface area contributed by atoms with Crippen LogP contribution < -0.4 is 5.32 Å². The average Bonchev–Trinajstić information content (AvgIpc) is 2.50. The van der Waals surface area contributed by atoms with Crippen molar-refractivity contribution in [1.82, 2.24) is 10.2 Å². The van der Waals surface area contributed by atoms with Gasteiger partial charge in [0.15, 0.2) is 0 Å². The van der Waals surface area contributed by atoms with Gasteiger partial charge in [-0.15, -0.1) is 0 Å². The summed E-state index contributed by atoms with van der Waals surface area (Å²) in [4.78, 5) is 2.19. The first-order valence-corrected chi connectivity index (χ1v) is 6.05. The van der Waals surface area contributed by atoms with E-state index < -0.39 is 0 Å². The predicted molar refractivity (Wildman–Crippen MR) is 63.7 cm³/mol. The molecule has 1 N–H and O–H groups in total. The Morgan fingerprint density at radius 1 is 1.35 bits per heavy atom. The van der Waals surface area contributed by atoms with Gasteiger partial charge in [-0.05, 0) is 38.1 Å². The smallest absolute Gasteiger partial charge is 0.127 e. The Morgan fingerprint density at radius 2 is 2.18 bits per heavy atom. The predicted octanol–water partition coefficient (Wildman–Crippen LogP) is 2.15. The molecular weight excluding hydrogens is 222 g/mol. The lowest BCUT2D eigenvalue weighted by molar-refractivity contribution is 0.208. The number of rotatable bonds is 2. The van der Waals surface area contributed by atoms with Crippen LogP contribution in [0.4, 0.5) is 8.78 Å². The van der Waals surface area contributed by atoms with E-state index in [1.807, 2.05) is 0 Å². The van der Waals surface area contributed by atoms with Crippen LogP contribution in [0, 0.1) is 11.6 Å². The zero-order chi connectivity index (χ0) is 12.3. The van der Waals surface area contributed by atoms with Crippen molar-refractivity contribution in [2.24, 2.45) is 0 Å². The first-order valence-electron chi connectivity index (χ1n) is 6.05. The summed E-state index contributed by atoms with van der Waals surface area (Å²) in [5.74, 6) is -0.696. The minimum absolute atomic E-state index is 0.323. The fourth-order valence-electron chi connectivity index (χ4n) is 2.18. The van der Waals surface area contributed by atoms with Crippen LogP contribution >= 0.6 is 0 Å². The third-order valence-electron chi connectivity index (χ3n) is 3.32. The van der Waals surface area contributed by atoms with Crippen molar-refractivity contribution in [3.63, 3.8) is 0 Å². The van der Waals surface area contributed by atoms with Crippen LogP contribution in [0.15, 0.2) is 18.2 Å². The third kappa shape index (κ3) is 3.23. The number of nitrogens with zero attached hydrogens (tertiary/aromatic N) is 1. The monoisotopic (exact) mass is 240 g/mol. The maximum atomic E-state index is 13.5. The van der Waals surface area contributed by atoms with E-state index in [9.17, 15) is 8.78 Å². The standard InChI is InChI=1S/C13H18F2N2/c1-10-4-5-16-6-7-17(10)9-11-8-12(14)2-3-13(11)15/h2-3,8,10,16H,4-7,9H2,1H3. The molecule has 4 heteroatoms. The molecule has 2 nitrogen and oxygen atoms in total. The van der Waals surface area contributed by atoms with E-state index in [1.54, 1.807) is 0 Å². The van der Waals surface area contributed by atoms with Crippen LogP contribution in [0.25, 0.3) is 0 Å². The molecule has 0 aliphatic carbocycles. The number of hydrogen-bond acceptors (Lipinski definition) is 2. The zero-order valence-corrected chi connectivity index (χ0v) is 10.0. The molecular formula is C13H18F2N2. The quantitative estimate of drug-likeness (QED) is 0.852. The Hall–Kier alpha value is -1.00. The van der Waals surface area contributed by atoms with Crippen molar-refractivity contribution in [3.8, 4) is 0 Å². The minimum Gasteiger partial charge on any atom is -0.315 e. The lowest BCUT2D eigenvalue weighted by Crippen LogP contribution is -2.34. The summed E-state index contributed by atoms with van der Waals surface area (Å²) in [6.45, 7) is 5.37. The topological polar surface area (TPSA) is 15.3 Å². The molecule has 1 unspecified atom stereocenters. The van der Waals surface area contributed by atoms with E-state index in [-0.39, 0.29) is 11.6 Å². The molecule has 0 radical (unpaired) electrons. The lowest BCUT2D eigenvalue weighted by atomic mass is 10.1. The summed E-state index contributed by atoms with van der Waals surface area (Å²) in [5.41, 5.74) is 0.443. The Bertz CT molecular complexity index is 382. The molecule has 1 aliphatic rings. The summed E-state index contributed by atoms with van der Waals surface area (Å²) in [5, 5.41) is 3.31. The van der Waals surface area contributed by atoms with Gasteiger partial charge in [-0.2, -0.15) is 0 Å². The number of benzene rings is 1. The van der Waals surface area contributed by atoms with E-state index in [1.165, 1.54) is 12.1 Å². The second-order valence-electron chi connectivity index (χ2n) is 4.59. The zero-order valence-electron chi connectivity index (χ0n) is 10.0. The van der Waals surface area contributed by atoms with Gasteiger partial charge in [-0.1, -0.05) is 0 Å². The van der Waals surface area contributed by atoms with Gasteiger partial charge < -0.3 is 5.32 Å². The highest BCUT2D eigenvalue weighted by Gasteiger charge is 2.18. The Balaban J connectivity index is 2.10. The largest absolute Gasteiger partial charge is 0.315 e. The van der Waals surface area contributed by atoms with E-state index >= 15 is 0 Å². The minimum atomic E-state index is -0.373. The summed E-state index contributed by atoms with van der Waals surface area (Å²) >= 11 is 0. The van der Waals surface area contributed by atoms with Crippen LogP contribution in [0.2, 0.25) is 0 Å². The Kier molecular flexibility index (Phi) is 4.07. The van der Waals surface area contributed by atoms with Gasteiger partial charge in [0.05, 0.1) is 0 Å². The van der Waals surface area contributed by atoms with E-state index in [0.717, 1.165) is 32.1 Å². The Labute approximate surface area is 101 Å². The van der Waals surface area contributed by atoms with Crippen LogP contribution in [-0.4, -0.2) is 30.6 Å². The van der Waals surface area contributed by atoms with Crippen LogP contribution in [0.5, 0.6) is 0 Å². The number of halogens is 2. The van der Waals surface area contributed by atoms with E-state index in [2.05, 4.69) is 17.1 Å². The van der Waals surface area contributed by atoms with Crippen molar-refractivity contribution in [2.45, 2.75) is 25.9 Å². The summed E-state index contributed by atoms with van der Waals surface area (Å²) in [6.07, 6.45) is 1.04. The normalized spacial score (nSPS) is 22.4. The fourth-order valence-corrected chi connectivity index (χ4v) is 2.18. The molecule has 2 rings (SSSR count). The van der Waals surface area contributed by atoms with Gasteiger partial charge in [-0.3, -0.25) is 4.90 Å². The second-order valence-corrected chi connectivity index (χ2v) is 4.59. The molecule has 0 saturated carbocycles. The Morgan fingerprint density at radius 3 is 3.00 bits per heavy atom.